The molecule has 2 N–H and O–H groups in total. The van der Waals surface area contributed by atoms with Crippen molar-refractivity contribution in [3.63, 3.8) is 0 Å². The first-order valence-electron chi connectivity index (χ1n) is 6.72. The zero-order chi connectivity index (χ0) is 14.0. The van der Waals surface area contributed by atoms with Crippen molar-refractivity contribution >= 4 is 5.91 Å². The number of rotatable bonds is 4. The predicted molar refractivity (Wildman–Crippen MR) is 76.7 cm³/mol. The van der Waals surface area contributed by atoms with Gasteiger partial charge in [0.05, 0.1) is 5.56 Å². The van der Waals surface area contributed by atoms with Gasteiger partial charge in [-0.1, -0.05) is 30.3 Å². The summed E-state index contributed by atoms with van der Waals surface area (Å²) in [6.07, 6.45) is 3.64. The summed E-state index contributed by atoms with van der Waals surface area (Å²) in [5.74, 6) is -0.150. The molecule has 1 aliphatic carbocycles. The number of hydrogen-bond acceptors (Lipinski definition) is 2. The van der Waals surface area contributed by atoms with Crippen LogP contribution in [-0.2, 0) is 5.41 Å². The number of hydrogen-bond donors (Lipinski definition) is 2. The first kappa shape index (κ1) is 12.7. The summed E-state index contributed by atoms with van der Waals surface area (Å²) in [5, 5.41) is 2.96. The monoisotopic (exact) mass is 268 g/mol. The summed E-state index contributed by atoms with van der Waals surface area (Å²) in [6.45, 7) is 0.634. The van der Waals surface area contributed by atoms with Gasteiger partial charge in [0.15, 0.2) is 0 Å². The third-order valence-electron chi connectivity index (χ3n) is 3.87. The van der Waals surface area contributed by atoms with E-state index in [-0.39, 0.29) is 16.9 Å². The average molecular weight is 268 g/mol. The Labute approximate surface area is 116 Å². The number of aromatic amines is 1. The molecule has 0 atom stereocenters. The number of H-pyrrole nitrogens is 1. The van der Waals surface area contributed by atoms with Gasteiger partial charge in [0.2, 0.25) is 5.56 Å². The van der Waals surface area contributed by atoms with Crippen molar-refractivity contribution in [1.29, 1.82) is 0 Å². The second-order valence-corrected chi connectivity index (χ2v) is 5.27. The molecule has 1 aromatic heterocycles. The van der Waals surface area contributed by atoms with Crippen LogP contribution in [0.25, 0.3) is 0 Å². The molecule has 0 aliphatic heterocycles. The molecule has 1 fully saturated rings. The maximum Gasteiger partial charge on any atom is 0.252 e. The Kier molecular flexibility index (Phi) is 3.14. The molecule has 3 rings (SSSR count). The van der Waals surface area contributed by atoms with Gasteiger partial charge in [-0.15, -0.1) is 0 Å². The summed E-state index contributed by atoms with van der Waals surface area (Å²) in [5.41, 5.74) is 1.65. The summed E-state index contributed by atoms with van der Waals surface area (Å²) in [4.78, 5) is 25.5. The minimum atomic E-state index is -0.204. The number of nitrogens with one attached hydrogen (secondary N) is 2. The second kappa shape index (κ2) is 4.96. The fraction of sp³-hybridized carbons (Fsp3) is 0.250. The normalized spacial score (nSPS) is 15.6. The largest absolute Gasteiger partial charge is 0.351 e. The van der Waals surface area contributed by atoms with Crippen LogP contribution in [0.1, 0.15) is 28.8 Å². The van der Waals surface area contributed by atoms with Crippen molar-refractivity contribution < 1.29 is 4.79 Å². The Hall–Kier alpha value is -2.36. The molecular weight excluding hydrogens is 252 g/mol. The highest BCUT2D eigenvalue weighted by Crippen LogP contribution is 2.47. The van der Waals surface area contributed by atoms with Crippen LogP contribution >= 0.6 is 0 Å². The fourth-order valence-electron chi connectivity index (χ4n) is 2.41. The highest BCUT2D eigenvalue weighted by Gasteiger charge is 2.44. The Morgan fingerprint density at radius 2 is 1.90 bits per heavy atom. The molecule has 2 aromatic rings. The van der Waals surface area contributed by atoms with Crippen molar-refractivity contribution in [3.8, 4) is 0 Å². The molecule has 0 bridgehead atoms. The lowest BCUT2D eigenvalue weighted by molar-refractivity contribution is 0.0949. The molecule has 0 unspecified atom stereocenters. The molecule has 4 nitrogen and oxygen atoms in total. The van der Waals surface area contributed by atoms with Crippen LogP contribution in [0.15, 0.2) is 53.5 Å². The average Bonchev–Trinajstić information content (AvgIpc) is 3.28. The highest BCUT2D eigenvalue weighted by atomic mass is 16.1. The van der Waals surface area contributed by atoms with Gasteiger partial charge in [0.25, 0.3) is 5.91 Å². The Balaban J connectivity index is 1.67. The smallest absolute Gasteiger partial charge is 0.252 e. The van der Waals surface area contributed by atoms with E-state index >= 15 is 0 Å². The highest BCUT2D eigenvalue weighted by molar-refractivity contribution is 5.93. The van der Waals surface area contributed by atoms with Crippen LogP contribution in [0.4, 0.5) is 0 Å². The number of carbonyl (C=O) groups excluding carboxylic acids is 1. The van der Waals surface area contributed by atoms with Crippen molar-refractivity contribution in [2.24, 2.45) is 0 Å². The molecule has 4 heteroatoms. The standard InChI is InChI=1S/C16H16N2O2/c19-14-7-6-12(10-17-14)15(20)18-11-16(8-9-16)13-4-2-1-3-5-13/h1-7,10H,8-9,11H2,(H,17,19)(H,18,20). The molecule has 1 aliphatic rings. The Bertz CT molecular complexity index is 652. The Morgan fingerprint density at radius 1 is 1.15 bits per heavy atom. The topological polar surface area (TPSA) is 62.0 Å². The van der Waals surface area contributed by atoms with Crippen LogP contribution in [0.3, 0.4) is 0 Å². The third-order valence-corrected chi connectivity index (χ3v) is 3.87. The van der Waals surface area contributed by atoms with E-state index in [9.17, 15) is 9.59 Å². The predicted octanol–water partition coefficient (Wildman–Crippen LogP) is 1.84. The van der Waals surface area contributed by atoms with Gasteiger partial charge in [-0.05, 0) is 24.5 Å². The zero-order valence-corrected chi connectivity index (χ0v) is 11.1. The maximum atomic E-state index is 12.0. The number of pyridine rings is 1. The van der Waals surface area contributed by atoms with E-state index < -0.39 is 0 Å². The zero-order valence-electron chi connectivity index (χ0n) is 11.1. The molecule has 102 valence electrons. The summed E-state index contributed by atoms with van der Waals surface area (Å²) in [7, 11) is 0. The molecule has 0 radical (unpaired) electrons. The summed E-state index contributed by atoms with van der Waals surface area (Å²) < 4.78 is 0. The van der Waals surface area contributed by atoms with Gasteiger partial charge in [-0.2, -0.15) is 0 Å². The van der Waals surface area contributed by atoms with Gasteiger partial charge in [-0.25, -0.2) is 0 Å². The third kappa shape index (κ3) is 2.50. The quantitative estimate of drug-likeness (QED) is 0.888. The minimum Gasteiger partial charge on any atom is -0.351 e. The molecule has 1 aromatic carbocycles. The van der Waals surface area contributed by atoms with Gasteiger partial charge in [0.1, 0.15) is 0 Å². The molecular formula is C16H16N2O2. The number of aromatic nitrogens is 1. The van der Waals surface area contributed by atoms with Gasteiger partial charge in [-0.3, -0.25) is 9.59 Å². The van der Waals surface area contributed by atoms with Crippen molar-refractivity contribution in [2.45, 2.75) is 18.3 Å². The van der Waals surface area contributed by atoms with Crippen LogP contribution in [-0.4, -0.2) is 17.4 Å². The van der Waals surface area contributed by atoms with E-state index in [1.165, 1.54) is 23.9 Å². The molecule has 1 saturated carbocycles. The molecule has 0 spiro atoms. The van der Waals surface area contributed by atoms with E-state index in [4.69, 9.17) is 0 Å². The van der Waals surface area contributed by atoms with Crippen molar-refractivity contribution in [3.05, 3.63) is 70.1 Å². The van der Waals surface area contributed by atoms with E-state index in [2.05, 4.69) is 22.4 Å². The fourth-order valence-corrected chi connectivity index (χ4v) is 2.41. The second-order valence-electron chi connectivity index (χ2n) is 5.27. The van der Waals surface area contributed by atoms with Crippen molar-refractivity contribution in [1.82, 2.24) is 10.3 Å². The van der Waals surface area contributed by atoms with Crippen LogP contribution in [0.5, 0.6) is 0 Å². The first-order chi connectivity index (χ1) is 9.70. The van der Waals surface area contributed by atoms with E-state index in [1.807, 2.05) is 18.2 Å². The number of benzene rings is 1. The number of carbonyl (C=O) groups is 1. The van der Waals surface area contributed by atoms with E-state index in [1.54, 1.807) is 0 Å². The lowest BCUT2D eigenvalue weighted by atomic mass is 9.96. The van der Waals surface area contributed by atoms with Crippen LogP contribution < -0.4 is 10.9 Å². The van der Waals surface area contributed by atoms with Gasteiger partial charge >= 0.3 is 0 Å². The summed E-state index contributed by atoms with van der Waals surface area (Å²) in [6, 6.07) is 13.2. The van der Waals surface area contributed by atoms with Gasteiger partial charge in [0, 0.05) is 24.2 Å². The Morgan fingerprint density at radius 3 is 2.50 bits per heavy atom. The van der Waals surface area contributed by atoms with Crippen molar-refractivity contribution in [2.75, 3.05) is 6.54 Å². The van der Waals surface area contributed by atoms with E-state index in [0.29, 0.717) is 12.1 Å². The van der Waals surface area contributed by atoms with Crippen LogP contribution in [0, 0.1) is 0 Å². The first-order valence-corrected chi connectivity index (χ1v) is 6.72. The SMILES string of the molecule is O=C(NCC1(c2ccccc2)CC1)c1ccc(=O)[nH]c1. The minimum absolute atomic E-state index is 0.0963. The molecule has 1 heterocycles. The maximum absolute atomic E-state index is 12.0. The summed E-state index contributed by atoms with van der Waals surface area (Å²) >= 11 is 0. The molecule has 1 amide bonds. The lowest BCUT2D eigenvalue weighted by Crippen LogP contribution is -2.32. The number of amides is 1. The molecule has 0 saturated heterocycles. The lowest BCUT2D eigenvalue weighted by Gasteiger charge is -2.16. The van der Waals surface area contributed by atoms with Gasteiger partial charge < -0.3 is 10.3 Å². The molecule has 20 heavy (non-hydrogen) atoms. The van der Waals surface area contributed by atoms with E-state index in [0.717, 1.165) is 12.8 Å². The van der Waals surface area contributed by atoms with Crippen LogP contribution in [0.2, 0.25) is 0 Å².